The normalized spacial score (nSPS) is 23.4. The van der Waals surface area contributed by atoms with Gasteiger partial charge >= 0.3 is 5.97 Å². The van der Waals surface area contributed by atoms with E-state index in [0.29, 0.717) is 26.1 Å². The highest BCUT2D eigenvalue weighted by Gasteiger charge is 2.34. The van der Waals surface area contributed by atoms with Crippen molar-refractivity contribution in [3.63, 3.8) is 0 Å². The highest BCUT2D eigenvalue weighted by Crippen LogP contribution is 2.43. The Kier molecular flexibility index (Phi) is 5.34. The number of rotatable bonds is 7. The van der Waals surface area contributed by atoms with Crippen molar-refractivity contribution in [2.24, 2.45) is 5.73 Å². The number of benzene rings is 1. The minimum atomic E-state index is -0.153. The monoisotopic (exact) mass is 317 g/mol. The fraction of sp³-hybridized carbons (Fsp3) is 0.632. The zero-order valence-electron chi connectivity index (χ0n) is 13.9. The summed E-state index contributed by atoms with van der Waals surface area (Å²) in [7, 11) is 0. The quantitative estimate of drug-likeness (QED) is 0.619. The van der Waals surface area contributed by atoms with Crippen molar-refractivity contribution in [3.05, 3.63) is 34.9 Å². The average molecular weight is 317 g/mol. The summed E-state index contributed by atoms with van der Waals surface area (Å²) in [6.45, 7) is 2.80. The van der Waals surface area contributed by atoms with Gasteiger partial charge in [-0.1, -0.05) is 24.6 Å². The van der Waals surface area contributed by atoms with E-state index in [1.807, 2.05) is 6.92 Å². The third-order valence-electron chi connectivity index (χ3n) is 5.06. The molecule has 2 N–H and O–H groups in total. The Morgan fingerprint density at radius 2 is 2.09 bits per heavy atom. The second-order valence-electron chi connectivity index (χ2n) is 6.61. The van der Waals surface area contributed by atoms with E-state index in [4.69, 9.17) is 15.2 Å². The molecule has 1 aromatic rings. The summed E-state index contributed by atoms with van der Waals surface area (Å²) in [5.74, 6) is 0.569. The van der Waals surface area contributed by atoms with Crippen LogP contribution in [0.2, 0.25) is 0 Å². The lowest BCUT2D eigenvalue weighted by Crippen LogP contribution is -2.27. The van der Waals surface area contributed by atoms with E-state index in [-0.39, 0.29) is 18.1 Å². The molecule has 0 radical (unpaired) electrons. The molecule has 0 saturated heterocycles. The summed E-state index contributed by atoms with van der Waals surface area (Å²) in [6.07, 6.45) is 5.91. The molecular formula is C19H27NO3. The molecule has 0 aliphatic heterocycles. The van der Waals surface area contributed by atoms with Gasteiger partial charge in [0.25, 0.3) is 0 Å². The maximum Gasteiger partial charge on any atom is 0.305 e. The molecule has 3 rings (SSSR count). The number of esters is 1. The molecule has 0 amide bonds. The Hall–Kier alpha value is -1.39. The van der Waals surface area contributed by atoms with Gasteiger partial charge in [0.1, 0.15) is 0 Å². The van der Waals surface area contributed by atoms with Crippen molar-refractivity contribution in [1.29, 1.82) is 0 Å². The summed E-state index contributed by atoms with van der Waals surface area (Å²) in [5, 5.41) is 0. The number of carbonyl (C=O) groups is 1. The van der Waals surface area contributed by atoms with Crippen LogP contribution in [0.5, 0.6) is 0 Å². The number of hydrogen-bond acceptors (Lipinski definition) is 4. The van der Waals surface area contributed by atoms with Crippen LogP contribution in [0.1, 0.15) is 67.7 Å². The number of fused-ring (bicyclic) bond motifs is 1. The van der Waals surface area contributed by atoms with Gasteiger partial charge in [0.2, 0.25) is 0 Å². The van der Waals surface area contributed by atoms with Gasteiger partial charge in [-0.3, -0.25) is 4.79 Å². The third-order valence-corrected chi connectivity index (χ3v) is 5.06. The molecule has 0 aromatic heterocycles. The van der Waals surface area contributed by atoms with Gasteiger partial charge in [0, 0.05) is 19.1 Å². The van der Waals surface area contributed by atoms with Crippen LogP contribution in [-0.4, -0.2) is 25.2 Å². The summed E-state index contributed by atoms with van der Waals surface area (Å²) >= 11 is 0. The van der Waals surface area contributed by atoms with Crippen LogP contribution in [0.15, 0.2) is 18.2 Å². The average Bonchev–Trinajstić information content (AvgIpc) is 2.79. The SMILES string of the molecule is CCOC(=O)CCCOC1c2cccc(C3CCC3)c2CC1N. The van der Waals surface area contributed by atoms with Crippen molar-refractivity contribution in [2.75, 3.05) is 13.2 Å². The van der Waals surface area contributed by atoms with E-state index in [1.54, 1.807) is 0 Å². The largest absolute Gasteiger partial charge is 0.466 e. The van der Waals surface area contributed by atoms with Crippen LogP contribution in [-0.2, 0) is 20.7 Å². The van der Waals surface area contributed by atoms with Gasteiger partial charge in [-0.05, 0) is 55.2 Å². The van der Waals surface area contributed by atoms with Crippen molar-refractivity contribution < 1.29 is 14.3 Å². The van der Waals surface area contributed by atoms with Gasteiger partial charge in [-0.15, -0.1) is 0 Å². The van der Waals surface area contributed by atoms with Gasteiger partial charge in [-0.2, -0.15) is 0 Å². The molecule has 0 bridgehead atoms. The minimum Gasteiger partial charge on any atom is -0.466 e. The molecule has 2 atom stereocenters. The van der Waals surface area contributed by atoms with Crippen LogP contribution in [0.25, 0.3) is 0 Å². The predicted molar refractivity (Wildman–Crippen MR) is 89.3 cm³/mol. The summed E-state index contributed by atoms with van der Waals surface area (Å²) < 4.78 is 11.0. The first-order chi connectivity index (χ1) is 11.2. The van der Waals surface area contributed by atoms with Crippen molar-refractivity contribution in [2.45, 2.75) is 63.5 Å². The van der Waals surface area contributed by atoms with E-state index in [2.05, 4.69) is 18.2 Å². The highest BCUT2D eigenvalue weighted by atomic mass is 16.5. The van der Waals surface area contributed by atoms with E-state index < -0.39 is 0 Å². The maximum absolute atomic E-state index is 11.4. The maximum atomic E-state index is 11.4. The number of hydrogen-bond donors (Lipinski definition) is 1. The molecule has 4 heteroatoms. The molecule has 0 heterocycles. The lowest BCUT2D eigenvalue weighted by molar-refractivity contribution is -0.143. The Labute approximate surface area is 138 Å². The zero-order valence-corrected chi connectivity index (χ0v) is 13.9. The molecule has 1 aromatic carbocycles. The lowest BCUT2D eigenvalue weighted by atomic mass is 9.77. The minimum absolute atomic E-state index is 0.0221. The number of ether oxygens (including phenoxy) is 2. The Morgan fingerprint density at radius 1 is 1.30 bits per heavy atom. The van der Waals surface area contributed by atoms with Crippen LogP contribution in [0.4, 0.5) is 0 Å². The second kappa shape index (κ2) is 7.45. The van der Waals surface area contributed by atoms with Crippen molar-refractivity contribution in [3.8, 4) is 0 Å². The topological polar surface area (TPSA) is 61.5 Å². The molecule has 2 aliphatic rings. The molecule has 4 nitrogen and oxygen atoms in total. The van der Waals surface area contributed by atoms with Crippen LogP contribution >= 0.6 is 0 Å². The van der Waals surface area contributed by atoms with Gasteiger partial charge < -0.3 is 15.2 Å². The number of carbonyl (C=O) groups excluding carboxylic acids is 1. The lowest BCUT2D eigenvalue weighted by Gasteiger charge is -2.28. The first kappa shape index (κ1) is 16.5. The van der Waals surface area contributed by atoms with E-state index in [9.17, 15) is 4.79 Å². The Bertz CT molecular complexity index is 554. The van der Waals surface area contributed by atoms with E-state index >= 15 is 0 Å². The number of nitrogens with two attached hydrogens (primary N) is 1. The Morgan fingerprint density at radius 3 is 2.78 bits per heavy atom. The van der Waals surface area contributed by atoms with Gasteiger partial charge in [0.05, 0.1) is 12.7 Å². The van der Waals surface area contributed by atoms with Crippen LogP contribution in [0, 0.1) is 0 Å². The second-order valence-corrected chi connectivity index (χ2v) is 6.61. The molecule has 23 heavy (non-hydrogen) atoms. The molecule has 126 valence electrons. The van der Waals surface area contributed by atoms with Crippen molar-refractivity contribution in [1.82, 2.24) is 0 Å². The first-order valence-electron chi connectivity index (χ1n) is 8.85. The summed E-state index contributed by atoms with van der Waals surface area (Å²) in [4.78, 5) is 11.4. The van der Waals surface area contributed by atoms with Gasteiger partial charge in [-0.25, -0.2) is 0 Å². The zero-order chi connectivity index (χ0) is 16.2. The first-order valence-corrected chi connectivity index (χ1v) is 8.85. The molecule has 2 aliphatic carbocycles. The molecule has 0 spiro atoms. The predicted octanol–water partition coefficient (Wildman–Crippen LogP) is 3.24. The summed E-state index contributed by atoms with van der Waals surface area (Å²) in [5.41, 5.74) is 10.5. The molecule has 1 saturated carbocycles. The van der Waals surface area contributed by atoms with Crippen LogP contribution < -0.4 is 5.73 Å². The third kappa shape index (κ3) is 3.59. The molecule has 1 fully saturated rings. The molecular weight excluding hydrogens is 290 g/mol. The standard InChI is InChI=1S/C19H27NO3/c1-2-22-18(21)10-5-11-23-19-15-9-4-8-14(13-6-3-7-13)16(15)12-17(19)20/h4,8-9,13,17,19H,2-3,5-7,10-12,20H2,1H3. The van der Waals surface area contributed by atoms with Crippen LogP contribution in [0.3, 0.4) is 0 Å². The molecule has 2 unspecified atom stereocenters. The Balaban J connectivity index is 1.58. The highest BCUT2D eigenvalue weighted by molar-refractivity contribution is 5.69. The van der Waals surface area contributed by atoms with Gasteiger partial charge in [0.15, 0.2) is 0 Å². The van der Waals surface area contributed by atoms with E-state index in [1.165, 1.54) is 36.0 Å². The fourth-order valence-corrected chi connectivity index (χ4v) is 3.67. The van der Waals surface area contributed by atoms with E-state index in [0.717, 1.165) is 12.3 Å². The fourth-order valence-electron chi connectivity index (χ4n) is 3.67. The van der Waals surface area contributed by atoms with Crippen molar-refractivity contribution >= 4 is 5.97 Å². The summed E-state index contributed by atoms with van der Waals surface area (Å²) in [6, 6.07) is 6.58. The smallest absolute Gasteiger partial charge is 0.305 e.